The number of ether oxygens (including phenoxy) is 4. The molecule has 0 aliphatic rings. The van der Waals surface area contributed by atoms with Crippen LogP contribution >= 0.6 is 11.8 Å². The zero-order chi connectivity index (χ0) is 26.9. The van der Waals surface area contributed by atoms with Crippen LogP contribution < -0.4 is 24.4 Å². The highest BCUT2D eigenvalue weighted by atomic mass is 32.2. The number of nitrogens with one attached hydrogen (secondary N) is 1. The van der Waals surface area contributed by atoms with Gasteiger partial charge in [-0.2, -0.15) is 5.10 Å². The van der Waals surface area contributed by atoms with Gasteiger partial charge in [-0.1, -0.05) is 42.1 Å². The summed E-state index contributed by atoms with van der Waals surface area (Å²) < 4.78 is 23.3. The molecule has 3 aromatic carbocycles. The van der Waals surface area contributed by atoms with E-state index in [1.807, 2.05) is 59.2 Å². The van der Waals surface area contributed by atoms with E-state index in [0.717, 1.165) is 17.0 Å². The lowest BCUT2D eigenvalue weighted by molar-refractivity contribution is -0.118. The normalized spacial score (nSPS) is 10.8. The van der Waals surface area contributed by atoms with Crippen molar-refractivity contribution in [2.24, 2.45) is 5.10 Å². The number of benzene rings is 3. The molecule has 4 rings (SSSR count). The quantitative estimate of drug-likeness (QED) is 0.174. The van der Waals surface area contributed by atoms with Gasteiger partial charge in [0.15, 0.2) is 11.0 Å². The first kappa shape index (κ1) is 26.6. The Kier molecular flexibility index (Phi) is 8.83. The van der Waals surface area contributed by atoms with Crippen LogP contribution in [-0.4, -0.2) is 61.1 Å². The van der Waals surface area contributed by atoms with Crippen LogP contribution in [0.4, 0.5) is 0 Å². The minimum atomic E-state index is -0.316. The average molecular weight is 534 g/mol. The van der Waals surface area contributed by atoms with Gasteiger partial charge in [0.25, 0.3) is 5.91 Å². The molecule has 1 heterocycles. The zero-order valence-electron chi connectivity index (χ0n) is 21.4. The fourth-order valence-corrected chi connectivity index (χ4v) is 4.34. The minimum Gasteiger partial charge on any atom is -0.497 e. The van der Waals surface area contributed by atoms with Crippen LogP contribution in [0.5, 0.6) is 23.0 Å². The lowest BCUT2D eigenvalue weighted by atomic mass is 10.2. The van der Waals surface area contributed by atoms with Gasteiger partial charge < -0.3 is 18.9 Å². The lowest BCUT2D eigenvalue weighted by Crippen LogP contribution is -2.20. The van der Waals surface area contributed by atoms with Gasteiger partial charge >= 0.3 is 0 Å². The molecule has 0 aliphatic carbocycles. The third kappa shape index (κ3) is 6.06. The maximum atomic E-state index is 12.6. The van der Waals surface area contributed by atoms with Gasteiger partial charge in [-0.3, -0.25) is 9.36 Å². The van der Waals surface area contributed by atoms with Crippen molar-refractivity contribution in [3.63, 3.8) is 0 Å². The lowest BCUT2D eigenvalue weighted by Gasteiger charge is -2.12. The number of hydrazone groups is 1. The van der Waals surface area contributed by atoms with E-state index in [1.165, 1.54) is 32.2 Å². The van der Waals surface area contributed by atoms with E-state index in [2.05, 4.69) is 20.7 Å². The molecule has 0 aliphatic heterocycles. The molecule has 1 N–H and O–H groups in total. The maximum Gasteiger partial charge on any atom is 0.250 e. The zero-order valence-corrected chi connectivity index (χ0v) is 22.2. The molecular weight excluding hydrogens is 506 g/mol. The molecule has 10 nitrogen and oxygen atoms in total. The molecule has 1 amide bonds. The number of thioether (sulfide) groups is 1. The van der Waals surface area contributed by atoms with Crippen LogP contribution in [-0.2, 0) is 4.79 Å². The van der Waals surface area contributed by atoms with Gasteiger partial charge in [-0.15, -0.1) is 10.2 Å². The van der Waals surface area contributed by atoms with E-state index in [-0.39, 0.29) is 11.7 Å². The molecule has 0 atom stereocenters. The van der Waals surface area contributed by atoms with E-state index in [1.54, 1.807) is 26.4 Å². The average Bonchev–Trinajstić information content (AvgIpc) is 3.40. The van der Waals surface area contributed by atoms with E-state index >= 15 is 0 Å². The number of hydrogen-bond donors (Lipinski definition) is 1. The number of carbonyl (C=O) groups is 1. The fourth-order valence-electron chi connectivity index (χ4n) is 3.59. The minimum absolute atomic E-state index is 0.0668. The van der Waals surface area contributed by atoms with Crippen molar-refractivity contribution in [3.8, 4) is 40.1 Å². The second kappa shape index (κ2) is 12.6. The van der Waals surface area contributed by atoms with Crippen LogP contribution in [0.1, 0.15) is 5.56 Å². The molecule has 11 heteroatoms. The summed E-state index contributed by atoms with van der Waals surface area (Å²) >= 11 is 1.25. The van der Waals surface area contributed by atoms with Gasteiger partial charge in [0.1, 0.15) is 23.0 Å². The second-order valence-electron chi connectivity index (χ2n) is 7.73. The van der Waals surface area contributed by atoms with E-state index in [0.29, 0.717) is 33.8 Å². The van der Waals surface area contributed by atoms with Crippen LogP contribution in [0.25, 0.3) is 17.1 Å². The molecule has 0 spiro atoms. The molecule has 0 saturated carbocycles. The SMILES string of the molecule is COc1ccc(-n2c(SCC(=O)N/N=C/c3c(OC)cc(OC)cc3OC)nnc2-c2ccccc2)cc1. The summed E-state index contributed by atoms with van der Waals surface area (Å²) in [6, 6.07) is 20.7. The predicted octanol–water partition coefficient (Wildman–Crippen LogP) is 4.21. The summed E-state index contributed by atoms with van der Waals surface area (Å²) in [7, 11) is 6.23. The van der Waals surface area contributed by atoms with Crippen molar-refractivity contribution in [2.75, 3.05) is 34.2 Å². The van der Waals surface area contributed by atoms with Crippen molar-refractivity contribution >= 4 is 23.9 Å². The highest BCUT2D eigenvalue weighted by Gasteiger charge is 2.17. The van der Waals surface area contributed by atoms with Gasteiger partial charge in [-0.25, -0.2) is 5.43 Å². The first-order valence-electron chi connectivity index (χ1n) is 11.5. The Hall–Kier alpha value is -4.51. The van der Waals surface area contributed by atoms with Gasteiger partial charge in [0.05, 0.1) is 46.0 Å². The molecule has 0 bridgehead atoms. The standard InChI is InChI=1S/C27H27N5O5S/c1-34-20-12-10-19(11-13-20)32-26(18-8-6-5-7-9-18)30-31-27(32)38-17-25(33)29-28-16-22-23(36-3)14-21(35-2)15-24(22)37-4/h5-16H,17H2,1-4H3,(H,29,33)/b28-16+. The number of rotatable bonds is 11. The van der Waals surface area contributed by atoms with Crippen LogP contribution in [0.2, 0.25) is 0 Å². The molecule has 4 aromatic rings. The smallest absolute Gasteiger partial charge is 0.250 e. The highest BCUT2D eigenvalue weighted by molar-refractivity contribution is 7.99. The fraction of sp³-hybridized carbons (Fsp3) is 0.185. The molecular formula is C27H27N5O5S. The van der Waals surface area contributed by atoms with Crippen LogP contribution in [0.3, 0.4) is 0 Å². The van der Waals surface area contributed by atoms with Crippen molar-refractivity contribution in [1.29, 1.82) is 0 Å². The second-order valence-corrected chi connectivity index (χ2v) is 8.68. The van der Waals surface area contributed by atoms with Crippen LogP contribution in [0.15, 0.2) is 77.0 Å². The van der Waals surface area contributed by atoms with Gasteiger partial charge in [0.2, 0.25) is 0 Å². The molecule has 0 saturated heterocycles. The Morgan fingerprint density at radius 1 is 0.895 bits per heavy atom. The number of carbonyl (C=O) groups excluding carboxylic acids is 1. The predicted molar refractivity (Wildman–Crippen MR) is 146 cm³/mol. The van der Waals surface area contributed by atoms with Crippen molar-refractivity contribution in [1.82, 2.24) is 20.2 Å². The number of amides is 1. The largest absolute Gasteiger partial charge is 0.497 e. The number of nitrogens with zero attached hydrogens (tertiary/aromatic N) is 4. The Morgan fingerprint density at radius 2 is 1.55 bits per heavy atom. The Bertz CT molecular complexity index is 1380. The Labute approximate surface area is 224 Å². The van der Waals surface area contributed by atoms with Crippen molar-refractivity contribution in [3.05, 3.63) is 72.3 Å². The van der Waals surface area contributed by atoms with Gasteiger partial charge in [0, 0.05) is 23.4 Å². The molecule has 0 radical (unpaired) electrons. The van der Waals surface area contributed by atoms with E-state index in [9.17, 15) is 4.79 Å². The number of hydrogen-bond acceptors (Lipinski definition) is 9. The summed E-state index contributed by atoms with van der Waals surface area (Å²) in [5, 5.41) is 13.4. The molecule has 38 heavy (non-hydrogen) atoms. The number of methoxy groups -OCH3 is 4. The van der Waals surface area contributed by atoms with Crippen LogP contribution in [0, 0.1) is 0 Å². The molecule has 1 aromatic heterocycles. The molecule has 0 unspecified atom stereocenters. The summed E-state index contributed by atoms with van der Waals surface area (Å²) in [6.07, 6.45) is 1.47. The van der Waals surface area contributed by atoms with Gasteiger partial charge in [-0.05, 0) is 24.3 Å². The van der Waals surface area contributed by atoms with Crippen molar-refractivity contribution in [2.45, 2.75) is 5.16 Å². The molecule has 196 valence electrons. The van der Waals surface area contributed by atoms with E-state index < -0.39 is 0 Å². The first-order chi connectivity index (χ1) is 18.6. The topological polar surface area (TPSA) is 109 Å². The summed E-state index contributed by atoms with van der Waals surface area (Å²) in [5.41, 5.74) is 4.85. The maximum absolute atomic E-state index is 12.6. The summed E-state index contributed by atoms with van der Waals surface area (Å²) in [6.45, 7) is 0. The number of aromatic nitrogens is 3. The monoisotopic (exact) mass is 533 g/mol. The third-order valence-corrected chi connectivity index (χ3v) is 6.39. The van der Waals surface area contributed by atoms with E-state index in [4.69, 9.17) is 18.9 Å². The summed E-state index contributed by atoms with van der Waals surface area (Å²) in [4.78, 5) is 12.6. The third-order valence-electron chi connectivity index (χ3n) is 5.46. The summed E-state index contributed by atoms with van der Waals surface area (Å²) in [5.74, 6) is 2.71. The Morgan fingerprint density at radius 3 is 2.16 bits per heavy atom. The molecule has 0 fully saturated rings. The van der Waals surface area contributed by atoms with Crippen molar-refractivity contribution < 1.29 is 23.7 Å². The Balaban J connectivity index is 1.51. The highest BCUT2D eigenvalue weighted by Crippen LogP contribution is 2.33. The first-order valence-corrected chi connectivity index (χ1v) is 12.5.